The molecule has 2 aliphatic rings. The van der Waals surface area contributed by atoms with Crippen LogP contribution in [0.1, 0.15) is 38.2 Å². The Balaban J connectivity index is 1.58. The lowest BCUT2D eigenvalue weighted by Gasteiger charge is -2.37. The van der Waals surface area contributed by atoms with Crippen molar-refractivity contribution >= 4 is 15.9 Å². The van der Waals surface area contributed by atoms with Gasteiger partial charge in [-0.25, -0.2) is 8.42 Å². The zero-order chi connectivity index (χ0) is 21.2. The number of hydrogen-bond donors (Lipinski definition) is 1. The molecule has 1 aromatic rings. The molecule has 1 atom stereocenters. The van der Waals surface area contributed by atoms with Crippen LogP contribution in [0.25, 0.3) is 0 Å². The number of piperazine rings is 1. The zero-order valence-electron chi connectivity index (χ0n) is 16.3. The number of nitrogens with zero attached hydrogens (tertiary/aromatic N) is 2. The Bertz CT molecular complexity index is 813. The molecule has 2 fully saturated rings. The van der Waals surface area contributed by atoms with E-state index in [1.807, 2.05) is 11.8 Å². The van der Waals surface area contributed by atoms with Gasteiger partial charge < -0.3 is 5.32 Å². The van der Waals surface area contributed by atoms with E-state index in [1.54, 1.807) is 0 Å². The average Bonchev–Trinajstić information content (AvgIpc) is 3.20. The molecule has 1 N–H and O–H groups in total. The highest BCUT2D eigenvalue weighted by Crippen LogP contribution is 2.30. The van der Waals surface area contributed by atoms with Gasteiger partial charge >= 0.3 is 6.18 Å². The van der Waals surface area contributed by atoms with E-state index in [0.29, 0.717) is 13.1 Å². The Labute approximate surface area is 169 Å². The molecule has 0 radical (unpaired) electrons. The van der Waals surface area contributed by atoms with E-state index in [4.69, 9.17) is 0 Å². The number of sulfonamides is 1. The van der Waals surface area contributed by atoms with Crippen LogP contribution in [0.3, 0.4) is 0 Å². The molecule has 1 amide bonds. The van der Waals surface area contributed by atoms with Crippen LogP contribution in [-0.2, 0) is 21.0 Å². The summed E-state index contributed by atoms with van der Waals surface area (Å²) in [7, 11) is -3.87. The second-order valence-electron chi connectivity index (χ2n) is 7.63. The third-order valence-corrected chi connectivity index (χ3v) is 7.63. The predicted octanol–water partition coefficient (Wildman–Crippen LogP) is 2.46. The highest BCUT2D eigenvalue weighted by atomic mass is 32.2. The first-order valence-electron chi connectivity index (χ1n) is 9.81. The SMILES string of the molecule is C[C@H](C(=O)NC1CCCC1)N1CCN(S(=O)(=O)c2ccc(C(F)(F)F)cc2)CC1. The third-order valence-electron chi connectivity index (χ3n) is 5.72. The number of carbonyl (C=O) groups excluding carboxylic acids is 1. The Morgan fingerprint density at radius 3 is 2.14 bits per heavy atom. The van der Waals surface area contributed by atoms with Crippen molar-refractivity contribution in [2.24, 2.45) is 0 Å². The van der Waals surface area contributed by atoms with Gasteiger partial charge in [0, 0.05) is 32.2 Å². The normalized spacial score (nSPS) is 21.2. The second-order valence-corrected chi connectivity index (χ2v) is 9.57. The number of amides is 1. The summed E-state index contributed by atoms with van der Waals surface area (Å²) in [5.41, 5.74) is -0.886. The molecule has 0 bridgehead atoms. The van der Waals surface area contributed by atoms with Crippen molar-refractivity contribution in [2.45, 2.75) is 55.8 Å². The number of alkyl halides is 3. The van der Waals surface area contributed by atoms with Gasteiger partial charge in [0.05, 0.1) is 16.5 Å². The molecule has 3 rings (SSSR count). The first-order valence-corrected chi connectivity index (χ1v) is 11.2. The summed E-state index contributed by atoms with van der Waals surface area (Å²) in [6.07, 6.45) is -0.266. The average molecular weight is 433 g/mol. The fourth-order valence-corrected chi connectivity index (χ4v) is 5.28. The molecule has 0 aromatic heterocycles. The van der Waals surface area contributed by atoms with E-state index in [9.17, 15) is 26.4 Å². The predicted molar refractivity (Wildman–Crippen MR) is 102 cm³/mol. The first-order chi connectivity index (χ1) is 13.6. The van der Waals surface area contributed by atoms with Gasteiger partial charge in [-0.3, -0.25) is 9.69 Å². The maximum absolute atomic E-state index is 12.7. The summed E-state index contributed by atoms with van der Waals surface area (Å²) in [5.74, 6) is -0.0454. The van der Waals surface area contributed by atoms with Gasteiger partial charge in [0.1, 0.15) is 0 Å². The van der Waals surface area contributed by atoms with E-state index in [-0.39, 0.29) is 36.0 Å². The zero-order valence-corrected chi connectivity index (χ0v) is 17.1. The number of nitrogens with one attached hydrogen (secondary N) is 1. The van der Waals surface area contributed by atoms with Crippen LogP contribution in [-0.4, -0.2) is 61.8 Å². The summed E-state index contributed by atoms with van der Waals surface area (Å²) in [6, 6.07) is 3.40. The van der Waals surface area contributed by atoms with Crippen LogP contribution in [0.2, 0.25) is 0 Å². The van der Waals surface area contributed by atoms with Crippen LogP contribution < -0.4 is 5.32 Å². The quantitative estimate of drug-likeness (QED) is 0.775. The van der Waals surface area contributed by atoms with Crippen molar-refractivity contribution in [3.8, 4) is 0 Å². The van der Waals surface area contributed by atoms with Crippen LogP contribution >= 0.6 is 0 Å². The highest BCUT2D eigenvalue weighted by molar-refractivity contribution is 7.89. The number of halogens is 3. The van der Waals surface area contributed by atoms with Crippen molar-refractivity contribution in [3.05, 3.63) is 29.8 Å². The van der Waals surface area contributed by atoms with Crippen LogP contribution in [0.15, 0.2) is 29.2 Å². The van der Waals surface area contributed by atoms with Gasteiger partial charge in [0.2, 0.25) is 15.9 Å². The maximum atomic E-state index is 12.7. The molecule has 1 aliphatic heterocycles. The van der Waals surface area contributed by atoms with Crippen LogP contribution in [0.4, 0.5) is 13.2 Å². The summed E-state index contributed by atoms with van der Waals surface area (Å²) >= 11 is 0. The van der Waals surface area contributed by atoms with E-state index in [2.05, 4.69) is 5.32 Å². The molecular formula is C19H26F3N3O3S. The molecule has 1 heterocycles. The molecule has 1 aliphatic carbocycles. The topological polar surface area (TPSA) is 69.7 Å². The van der Waals surface area contributed by atoms with Crippen molar-refractivity contribution in [3.63, 3.8) is 0 Å². The van der Waals surface area contributed by atoms with Crippen LogP contribution in [0, 0.1) is 0 Å². The smallest absolute Gasteiger partial charge is 0.352 e. The summed E-state index contributed by atoms with van der Waals surface area (Å²) in [6.45, 7) is 2.96. The Morgan fingerprint density at radius 2 is 1.62 bits per heavy atom. The van der Waals surface area contributed by atoms with E-state index in [1.165, 1.54) is 4.31 Å². The summed E-state index contributed by atoms with van der Waals surface area (Å²) in [5, 5.41) is 3.06. The van der Waals surface area contributed by atoms with Gasteiger partial charge in [-0.1, -0.05) is 12.8 Å². The molecular weight excluding hydrogens is 407 g/mol. The molecule has 6 nitrogen and oxygen atoms in total. The molecule has 1 saturated heterocycles. The van der Waals surface area contributed by atoms with Gasteiger partial charge in [-0.05, 0) is 44.0 Å². The lowest BCUT2D eigenvalue weighted by Crippen LogP contribution is -2.55. The fourth-order valence-electron chi connectivity index (χ4n) is 3.85. The van der Waals surface area contributed by atoms with Crippen molar-refractivity contribution in [1.82, 2.24) is 14.5 Å². The summed E-state index contributed by atoms with van der Waals surface area (Å²) in [4.78, 5) is 14.2. The molecule has 0 spiro atoms. The third kappa shape index (κ3) is 5.10. The van der Waals surface area contributed by atoms with Gasteiger partial charge in [-0.2, -0.15) is 17.5 Å². The lowest BCUT2D eigenvalue weighted by molar-refractivity contribution is -0.137. The summed E-state index contributed by atoms with van der Waals surface area (Å²) < 4.78 is 64.8. The fraction of sp³-hybridized carbons (Fsp3) is 0.632. The monoisotopic (exact) mass is 433 g/mol. The van der Waals surface area contributed by atoms with E-state index >= 15 is 0 Å². The minimum atomic E-state index is -4.51. The number of carbonyl (C=O) groups is 1. The molecule has 1 aromatic carbocycles. The van der Waals surface area contributed by atoms with Gasteiger partial charge in [0.15, 0.2) is 0 Å². The van der Waals surface area contributed by atoms with Gasteiger partial charge in [0.25, 0.3) is 0 Å². The molecule has 10 heteroatoms. The number of benzene rings is 1. The maximum Gasteiger partial charge on any atom is 0.416 e. The first kappa shape index (κ1) is 22.0. The minimum absolute atomic E-state index is 0.0454. The van der Waals surface area contributed by atoms with Crippen molar-refractivity contribution in [2.75, 3.05) is 26.2 Å². The van der Waals surface area contributed by atoms with Crippen molar-refractivity contribution in [1.29, 1.82) is 0 Å². The molecule has 1 saturated carbocycles. The molecule has 162 valence electrons. The Hall–Kier alpha value is -1.65. The Kier molecular flexibility index (Phi) is 6.54. The van der Waals surface area contributed by atoms with E-state index in [0.717, 1.165) is 49.9 Å². The van der Waals surface area contributed by atoms with Crippen molar-refractivity contribution < 1.29 is 26.4 Å². The Morgan fingerprint density at radius 1 is 1.07 bits per heavy atom. The molecule has 0 unspecified atom stereocenters. The minimum Gasteiger partial charge on any atom is -0.352 e. The van der Waals surface area contributed by atoms with Gasteiger partial charge in [-0.15, -0.1) is 0 Å². The largest absolute Gasteiger partial charge is 0.416 e. The number of hydrogen-bond acceptors (Lipinski definition) is 4. The highest BCUT2D eigenvalue weighted by Gasteiger charge is 2.34. The second kappa shape index (κ2) is 8.61. The van der Waals surface area contributed by atoms with Crippen LogP contribution in [0.5, 0.6) is 0 Å². The van der Waals surface area contributed by atoms with E-state index < -0.39 is 21.8 Å². The standard InChI is InChI=1S/C19H26F3N3O3S/c1-14(18(26)23-16-4-2-3-5-16)24-10-12-25(13-11-24)29(27,28)17-8-6-15(7-9-17)19(20,21)22/h6-9,14,16H,2-5,10-13H2,1H3,(H,23,26)/t14-/m1/s1. The lowest BCUT2D eigenvalue weighted by atomic mass is 10.2. The molecule has 29 heavy (non-hydrogen) atoms. The number of rotatable bonds is 5.